The predicted molar refractivity (Wildman–Crippen MR) is 88.3 cm³/mol. The Morgan fingerprint density at radius 2 is 1.76 bits per heavy atom. The molecular weight excluding hydrogens is 348 g/mol. The summed E-state index contributed by atoms with van der Waals surface area (Å²) in [5.74, 6) is -2.31. The molecule has 25 heavy (non-hydrogen) atoms. The molecule has 0 saturated carbocycles. The van der Waals surface area contributed by atoms with Crippen LogP contribution in [0.2, 0.25) is 0 Å². The van der Waals surface area contributed by atoms with E-state index < -0.39 is 40.0 Å². The second-order valence-corrected chi connectivity index (χ2v) is 8.72. The van der Waals surface area contributed by atoms with Crippen LogP contribution in [0.4, 0.5) is 0 Å². The molecule has 3 rings (SSSR count). The monoisotopic (exact) mass is 372 g/mol. The van der Waals surface area contributed by atoms with E-state index in [1.165, 1.54) is 19.1 Å². The van der Waals surface area contributed by atoms with Gasteiger partial charge in [0.15, 0.2) is 11.6 Å². The molecule has 1 aromatic carbocycles. The molecule has 7 nitrogen and oxygen atoms in total. The highest BCUT2D eigenvalue weighted by molar-refractivity contribution is 7.86. The van der Waals surface area contributed by atoms with E-state index in [1.807, 2.05) is 6.92 Å². The molecule has 8 heteroatoms. The van der Waals surface area contributed by atoms with Crippen molar-refractivity contribution in [3.05, 3.63) is 29.8 Å². The van der Waals surface area contributed by atoms with E-state index in [0.29, 0.717) is 0 Å². The van der Waals surface area contributed by atoms with Gasteiger partial charge in [-0.3, -0.25) is 4.18 Å². The summed E-state index contributed by atoms with van der Waals surface area (Å²) >= 11 is 0. The Labute approximate surface area is 148 Å². The average Bonchev–Trinajstić information content (AvgIpc) is 2.93. The zero-order chi connectivity index (χ0) is 18.5. The van der Waals surface area contributed by atoms with Crippen molar-refractivity contribution >= 4 is 10.1 Å². The first-order chi connectivity index (χ1) is 11.5. The minimum Gasteiger partial charge on any atom is -0.364 e. The fraction of sp³-hybridized carbons (Fsp3) is 0.647. The van der Waals surface area contributed by atoms with Crippen LogP contribution in [-0.2, 0) is 28.5 Å². The summed E-state index contributed by atoms with van der Waals surface area (Å²) in [5, 5.41) is 10.3. The summed E-state index contributed by atoms with van der Waals surface area (Å²) in [6.07, 6.45) is -1.37. The average molecular weight is 372 g/mol. The van der Waals surface area contributed by atoms with E-state index in [2.05, 4.69) is 0 Å². The van der Waals surface area contributed by atoms with Gasteiger partial charge in [0.1, 0.15) is 12.2 Å². The highest BCUT2D eigenvalue weighted by Crippen LogP contribution is 2.43. The Bertz CT molecular complexity index is 724. The number of rotatable bonds is 5. The summed E-state index contributed by atoms with van der Waals surface area (Å²) < 4.78 is 46.6. The van der Waals surface area contributed by atoms with Crippen molar-refractivity contribution in [2.75, 3.05) is 6.61 Å². The van der Waals surface area contributed by atoms with Crippen molar-refractivity contribution in [3.8, 4) is 0 Å². The number of benzene rings is 1. The molecule has 1 N–H and O–H groups in total. The third-order valence-electron chi connectivity index (χ3n) is 4.36. The molecule has 2 saturated heterocycles. The van der Waals surface area contributed by atoms with Crippen LogP contribution in [0.15, 0.2) is 29.2 Å². The van der Waals surface area contributed by atoms with Crippen LogP contribution in [0, 0.1) is 6.92 Å². The first-order valence-electron chi connectivity index (χ1n) is 8.22. The number of hydrogen-bond donors (Lipinski definition) is 1. The molecule has 2 fully saturated rings. The number of fused-ring (bicyclic) bond motifs is 1. The topological polar surface area (TPSA) is 91.3 Å². The Kier molecular flexibility index (Phi) is 4.72. The zero-order valence-corrected chi connectivity index (χ0v) is 15.6. The largest absolute Gasteiger partial charge is 0.364 e. The standard InChI is InChI=1S/C17H24O7S/c1-11-5-7-12(8-6-11)25(19,20)21-10-9-13-14-15(17(4,18)22-13)24-16(2,3)23-14/h5-8,13-15,18H,9-10H2,1-4H3/t13-,14-,15-,17?/m1/s1. The predicted octanol–water partition coefficient (Wildman–Crippen LogP) is 1.72. The molecule has 2 aliphatic rings. The summed E-state index contributed by atoms with van der Waals surface area (Å²) in [4.78, 5) is 0.108. The number of ether oxygens (including phenoxy) is 3. The lowest BCUT2D eigenvalue weighted by atomic mass is 10.1. The molecule has 0 aromatic heterocycles. The van der Waals surface area contributed by atoms with Gasteiger partial charge in [0.05, 0.1) is 17.6 Å². The molecular formula is C17H24O7S. The highest BCUT2D eigenvalue weighted by Gasteiger charge is 2.60. The van der Waals surface area contributed by atoms with Crippen molar-refractivity contribution < 1.29 is 31.9 Å². The summed E-state index contributed by atoms with van der Waals surface area (Å²) in [6.45, 7) is 6.83. The van der Waals surface area contributed by atoms with E-state index in [-0.39, 0.29) is 17.9 Å². The quantitative estimate of drug-likeness (QED) is 0.787. The third kappa shape index (κ3) is 3.89. The van der Waals surface area contributed by atoms with Gasteiger partial charge in [-0.15, -0.1) is 0 Å². The Balaban J connectivity index is 1.61. The molecule has 2 heterocycles. The molecule has 1 aromatic rings. The lowest BCUT2D eigenvalue weighted by Gasteiger charge is -2.27. The maximum Gasteiger partial charge on any atom is 0.296 e. The maximum absolute atomic E-state index is 12.2. The van der Waals surface area contributed by atoms with Crippen molar-refractivity contribution in [3.63, 3.8) is 0 Å². The minimum atomic E-state index is -3.83. The van der Waals surface area contributed by atoms with E-state index in [4.69, 9.17) is 18.4 Å². The van der Waals surface area contributed by atoms with Gasteiger partial charge in [0.2, 0.25) is 0 Å². The molecule has 2 aliphatic heterocycles. The third-order valence-corrected chi connectivity index (χ3v) is 5.69. The lowest BCUT2D eigenvalue weighted by molar-refractivity contribution is -0.266. The van der Waals surface area contributed by atoms with E-state index >= 15 is 0 Å². The highest BCUT2D eigenvalue weighted by atomic mass is 32.2. The molecule has 4 atom stereocenters. The van der Waals surface area contributed by atoms with Crippen LogP contribution in [0.3, 0.4) is 0 Å². The van der Waals surface area contributed by atoms with Gasteiger partial charge in [0, 0.05) is 6.42 Å². The Morgan fingerprint density at radius 3 is 2.40 bits per heavy atom. The first-order valence-corrected chi connectivity index (χ1v) is 9.63. The van der Waals surface area contributed by atoms with Gasteiger partial charge >= 0.3 is 0 Å². The molecule has 1 unspecified atom stereocenters. The summed E-state index contributed by atoms with van der Waals surface area (Å²) in [7, 11) is -3.83. The fourth-order valence-electron chi connectivity index (χ4n) is 3.19. The fourth-order valence-corrected chi connectivity index (χ4v) is 4.11. The van der Waals surface area contributed by atoms with E-state index in [1.54, 1.807) is 26.0 Å². The van der Waals surface area contributed by atoms with Crippen LogP contribution < -0.4 is 0 Å². The number of hydrogen-bond acceptors (Lipinski definition) is 7. The second kappa shape index (κ2) is 6.29. The van der Waals surface area contributed by atoms with Gasteiger partial charge < -0.3 is 19.3 Å². The lowest BCUT2D eigenvalue weighted by Crippen LogP contribution is -2.40. The number of aliphatic hydroxyl groups is 1. The van der Waals surface area contributed by atoms with E-state index in [9.17, 15) is 13.5 Å². The molecule has 0 aliphatic carbocycles. The second-order valence-electron chi connectivity index (χ2n) is 7.11. The molecule has 0 radical (unpaired) electrons. The zero-order valence-electron chi connectivity index (χ0n) is 14.8. The summed E-state index contributed by atoms with van der Waals surface area (Å²) in [5.41, 5.74) is 0.965. The minimum absolute atomic E-state index is 0.0794. The Hall–Kier alpha value is -1.03. The van der Waals surface area contributed by atoms with Gasteiger partial charge in [-0.1, -0.05) is 17.7 Å². The maximum atomic E-state index is 12.2. The number of aryl methyl sites for hydroxylation is 1. The van der Waals surface area contributed by atoms with E-state index in [0.717, 1.165) is 5.56 Å². The Morgan fingerprint density at radius 1 is 1.12 bits per heavy atom. The van der Waals surface area contributed by atoms with Crippen LogP contribution in [0.1, 0.15) is 32.8 Å². The van der Waals surface area contributed by atoms with Gasteiger partial charge in [-0.05, 0) is 39.8 Å². The molecule has 0 spiro atoms. The van der Waals surface area contributed by atoms with Gasteiger partial charge in [-0.2, -0.15) is 8.42 Å². The smallest absolute Gasteiger partial charge is 0.296 e. The van der Waals surface area contributed by atoms with Crippen LogP contribution in [0.25, 0.3) is 0 Å². The van der Waals surface area contributed by atoms with Gasteiger partial charge in [0.25, 0.3) is 10.1 Å². The SMILES string of the molecule is Cc1ccc(S(=O)(=O)OCC[C@H]2OC(C)(O)[C@@H]3OC(C)(C)O[C@@H]32)cc1. The molecule has 0 amide bonds. The van der Waals surface area contributed by atoms with Crippen molar-refractivity contribution in [1.82, 2.24) is 0 Å². The first kappa shape index (κ1) is 18.8. The van der Waals surface area contributed by atoms with Crippen LogP contribution in [0.5, 0.6) is 0 Å². The molecule has 140 valence electrons. The normalized spacial score (nSPS) is 34.2. The van der Waals surface area contributed by atoms with Crippen molar-refractivity contribution in [2.45, 2.75) is 68.9 Å². The van der Waals surface area contributed by atoms with Crippen molar-refractivity contribution in [1.29, 1.82) is 0 Å². The van der Waals surface area contributed by atoms with Gasteiger partial charge in [-0.25, -0.2) is 0 Å². The van der Waals surface area contributed by atoms with Crippen LogP contribution >= 0.6 is 0 Å². The van der Waals surface area contributed by atoms with Crippen LogP contribution in [-0.4, -0.2) is 50.0 Å². The van der Waals surface area contributed by atoms with Crippen molar-refractivity contribution in [2.24, 2.45) is 0 Å². The molecule has 0 bridgehead atoms. The summed E-state index contributed by atoms with van der Waals surface area (Å²) in [6, 6.07) is 6.44.